The Bertz CT molecular complexity index is 548. The summed E-state index contributed by atoms with van der Waals surface area (Å²) in [5, 5.41) is 7.38. The molecule has 0 N–H and O–H groups in total. The Labute approximate surface area is 93.7 Å². The minimum Gasteiger partial charge on any atom is -0.296 e. The summed E-state index contributed by atoms with van der Waals surface area (Å²) in [6, 6.07) is 4.54. The maximum absolute atomic E-state index is 12.4. The number of rotatable bonds is 2. The van der Waals surface area contributed by atoms with Crippen molar-refractivity contribution in [3.8, 4) is 5.69 Å². The molecule has 17 heavy (non-hydrogen) atoms. The molecule has 88 valence electrons. The molecule has 7 heteroatoms. The van der Waals surface area contributed by atoms with Gasteiger partial charge < -0.3 is 0 Å². The van der Waals surface area contributed by atoms with E-state index in [4.69, 9.17) is 0 Å². The molecule has 0 amide bonds. The maximum atomic E-state index is 12.4. The second-order valence-electron chi connectivity index (χ2n) is 3.22. The molecule has 1 aromatic heterocycles. The highest BCUT2D eigenvalue weighted by Crippen LogP contribution is 2.29. The fourth-order valence-corrected chi connectivity index (χ4v) is 1.26. The third-order valence-electron chi connectivity index (χ3n) is 2.03. The van der Waals surface area contributed by atoms with E-state index >= 15 is 0 Å². The number of aldehydes is 1. The van der Waals surface area contributed by atoms with Crippen molar-refractivity contribution in [2.75, 3.05) is 0 Å². The zero-order chi connectivity index (χ0) is 12.5. The third kappa shape index (κ3) is 2.32. The van der Waals surface area contributed by atoms with Gasteiger partial charge in [0.1, 0.15) is 5.69 Å². The summed E-state index contributed by atoms with van der Waals surface area (Å²) in [6.07, 6.45) is -2.78. The molecule has 2 aromatic rings. The number of alkyl halides is 3. The van der Waals surface area contributed by atoms with Gasteiger partial charge >= 0.3 is 6.18 Å². The van der Waals surface area contributed by atoms with Crippen molar-refractivity contribution in [3.05, 3.63) is 41.7 Å². The number of hydrogen-bond donors (Lipinski definition) is 0. The number of carbonyl (C=O) groups excluding carboxylic acids is 1. The molecule has 4 nitrogen and oxygen atoms in total. The van der Waals surface area contributed by atoms with Gasteiger partial charge in [-0.2, -0.15) is 23.1 Å². The second-order valence-corrected chi connectivity index (χ2v) is 3.22. The van der Waals surface area contributed by atoms with Crippen LogP contribution in [0.2, 0.25) is 0 Å². The van der Waals surface area contributed by atoms with Crippen LogP contribution >= 0.6 is 0 Å². The zero-order valence-electron chi connectivity index (χ0n) is 8.35. The number of benzene rings is 1. The summed E-state index contributed by atoms with van der Waals surface area (Å²) in [5.41, 5.74) is -0.588. The second kappa shape index (κ2) is 4.00. The van der Waals surface area contributed by atoms with Crippen molar-refractivity contribution in [1.82, 2.24) is 15.0 Å². The number of hydrogen-bond acceptors (Lipinski definition) is 3. The molecule has 1 aromatic carbocycles. The van der Waals surface area contributed by atoms with Crippen LogP contribution in [0.15, 0.2) is 30.5 Å². The van der Waals surface area contributed by atoms with E-state index in [0.29, 0.717) is 6.29 Å². The van der Waals surface area contributed by atoms with E-state index in [2.05, 4.69) is 10.2 Å². The smallest absolute Gasteiger partial charge is 0.296 e. The van der Waals surface area contributed by atoms with Gasteiger partial charge in [0, 0.05) is 0 Å². The summed E-state index contributed by atoms with van der Waals surface area (Å²) in [7, 11) is 0. The lowest BCUT2D eigenvalue weighted by Crippen LogP contribution is -2.07. The third-order valence-corrected chi connectivity index (χ3v) is 2.03. The van der Waals surface area contributed by atoms with E-state index in [1.807, 2.05) is 0 Å². The van der Waals surface area contributed by atoms with E-state index in [9.17, 15) is 18.0 Å². The first-order chi connectivity index (χ1) is 8.00. The molecule has 0 spiro atoms. The summed E-state index contributed by atoms with van der Waals surface area (Å²) in [4.78, 5) is 11.4. The topological polar surface area (TPSA) is 47.8 Å². The number of aromatic nitrogens is 3. The van der Waals surface area contributed by atoms with Gasteiger partial charge in [-0.05, 0) is 18.2 Å². The molecule has 0 aliphatic carbocycles. The van der Waals surface area contributed by atoms with Gasteiger partial charge in [-0.25, -0.2) is 0 Å². The average molecular weight is 241 g/mol. The minimum absolute atomic E-state index is 0.0578. The Balaban J connectivity index is 2.42. The van der Waals surface area contributed by atoms with Gasteiger partial charge in [-0.3, -0.25) is 4.79 Å². The van der Waals surface area contributed by atoms with Gasteiger partial charge in [0.05, 0.1) is 17.4 Å². The lowest BCUT2D eigenvalue weighted by molar-refractivity contribution is -0.137. The molecule has 0 radical (unpaired) electrons. The molecule has 1 heterocycles. The first-order valence-corrected chi connectivity index (χ1v) is 4.56. The fraction of sp³-hybridized carbons (Fsp3) is 0.100. The first kappa shape index (κ1) is 11.3. The predicted octanol–water partition coefficient (Wildman–Crippen LogP) is 2.10. The molecule has 0 aliphatic heterocycles. The van der Waals surface area contributed by atoms with E-state index in [-0.39, 0.29) is 11.4 Å². The standard InChI is InChI=1S/C10H6F3N3O/c11-10(12,13)7-2-1-3-9(4-7)16-14-5-8(6-17)15-16/h1-6H. The Kier molecular flexibility index (Phi) is 2.66. The van der Waals surface area contributed by atoms with Crippen LogP contribution in [0.25, 0.3) is 5.69 Å². The maximum Gasteiger partial charge on any atom is 0.416 e. The van der Waals surface area contributed by atoms with Crippen LogP contribution in [0.5, 0.6) is 0 Å². The summed E-state index contributed by atoms with van der Waals surface area (Å²) in [6.45, 7) is 0. The highest BCUT2D eigenvalue weighted by molar-refractivity contribution is 5.70. The molecule has 0 saturated heterocycles. The zero-order valence-corrected chi connectivity index (χ0v) is 8.35. The highest BCUT2D eigenvalue weighted by Gasteiger charge is 2.30. The van der Waals surface area contributed by atoms with Gasteiger partial charge in [0.25, 0.3) is 0 Å². The molecule has 0 fully saturated rings. The number of halogens is 3. The van der Waals surface area contributed by atoms with Crippen molar-refractivity contribution < 1.29 is 18.0 Å². The van der Waals surface area contributed by atoms with Crippen molar-refractivity contribution in [2.24, 2.45) is 0 Å². The highest BCUT2D eigenvalue weighted by atomic mass is 19.4. The molecule has 0 aliphatic rings. The average Bonchev–Trinajstić information content (AvgIpc) is 2.76. The largest absolute Gasteiger partial charge is 0.416 e. The van der Waals surface area contributed by atoms with E-state index in [1.165, 1.54) is 18.3 Å². The van der Waals surface area contributed by atoms with Gasteiger partial charge in [-0.1, -0.05) is 6.07 Å². The lowest BCUT2D eigenvalue weighted by Gasteiger charge is -2.07. The quantitative estimate of drug-likeness (QED) is 0.756. The van der Waals surface area contributed by atoms with E-state index in [0.717, 1.165) is 16.9 Å². The van der Waals surface area contributed by atoms with Crippen LogP contribution in [-0.2, 0) is 6.18 Å². The van der Waals surface area contributed by atoms with Gasteiger partial charge in [-0.15, -0.1) is 5.10 Å². The SMILES string of the molecule is O=Cc1cnn(-c2cccc(C(F)(F)F)c2)n1. The molecular weight excluding hydrogens is 235 g/mol. The van der Waals surface area contributed by atoms with E-state index < -0.39 is 11.7 Å². The van der Waals surface area contributed by atoms with Crippen molar-refractivity contribution in [2.45, 2.75) is 6.18 Å². The Morgan fingerprint density at radius 2 is 2.06 bits per heavy atom. The van der Waals surface area contributed by atoms with Crippen LogP contribution in [0.4, 0.5) is 13.2 Å². The Morgan fingerprint density at radius 3 is 2.65 bits per heavy atom. The first-order valence-electron chi connectivity index (χ1n) is 4.56. The molecule has 0 saturated carbocycles. The summed E-state index contributed by atoms with van der Waals surface area (Å²) < 4.78 is 37.3. The Hall–Kier alpha value is -2.18. The van der Waals surface area contributed by atoms with E-state index in [1.54, 1.807) is 0 Å². The van der Waals surface area contributed by atoms with Crippen LogP contribution in [0.1, 0.15) is 16.1 Å². The number of nitrogens with zero attached hydrogens (tertiary/aromatic N) is 3. The van der Waals surface area contributed by atoms with Gasteiger partial charge in [0.15, 0.2) is 6.29 Å². The van der Waals surface area contributed by atoms with Crippen LogP contribution in [0.3, 0.4) is 0 Å². The lowest BCUT2D eigenvalue weighted by atomic mass is 10.2. The molecular formula is C10H6F3N3O. The van der Waals surface area contributed by atoms with Crippen LogP contribution in [0, 0.1) is 0 Å². The van der Waals surface area contributed by atoms with Gasteiger partial charge in [0.2, 0.25) is 0 Å². The fourth-order valence-electron chi connectivity index (χ4n) is 1.26. The molecule has 0 bridgehead atoms. The van der Waals surface area contributed by atoms with Crippen molar-refractivity contribution in [3.63, 3.8) is 0 Å². The summed E-state index contributed by atoms with van der Waals surface area (Å²) in [5.74, 6) is 0. The molecule has 0 unspecified atom stereocenters. The minimum atomic E-state index is -4.42. The van der Waals surface area contributed by atoms with Crippen molar-refractivity contribution in [1.29, 1.82) is 0 Å². The monoisotopic (exact) mass is 241 g/mol. The molecule has 0 atom stereocenters. The predicted molar refractivity (Wildman–Crippen MR) is 51.7 cm³/mol. The normalized spacial score (nSPS) is 11.5. The summed E-state index contributed by atoms with van der Waals surface area (Å²) >= 11 is 0. The van der Waals surface area contributed by atoms with Crippen LogP contribution < -0.4 is 0 Å². The Morgan fingerprint density at radius 1 is 1.29 bits per heavy atom. The molecule has 2 rings (SSSR count). The van der Waals surface area contributed by atoms with Crippen molar-refractivity contribution >= 4 is 6.29 Å². The number of carbonyl (C=O) groups is 1. The van der Waals surface area contributed by atoms with Crippen LogP contribution in [-0.4, -0.2) is 21.3 Å².